The van der Waals surface area contributed by atoms with Crippen LogP contribution in [-0.4, -0.2) is 15.9 Å². The molecule has 0 spiro atoms. The molecule has 0 aliphatic heterocycles. The minimum absolute atomic E-state index is 0.231. The normalized spacial score (nSPS) is 11.0. The molecule has 1 amide bonds. The van der Waals surface area contributed by atoms with Crippen LogP contribution in [0.3, 0.4) is 0 Å². The quantitative estimate of drug-likeness (QED) is 0.358. The SMILES string of the molecule is O=C(Nc1cccc(-c2nc3ccccc3[nH]2)c1)c1ccc(-c2ccc(Cl)cc2)o1. The Kier molecular flexibility index (Phi) is 4.58. The highest BCUT2D eigenvalue weighted by Crippen LogP contribution is 2.26. The number of rotatable bonds is 4. The number of carbonyl (C=O) groups is 1. The predicted octanol–water partition coefficient (Wildman–Crippen LogP) is 6.40. The lowest BCUT2D eigenvalue weighted by molar-refractivity contribution is 0.0997. The van der Waals surface area contributed by atoms with Crippen molar-refractivity contribution in [2.45, 2.75) is 0 Å². The summed E-state index contributed by atoms with van der Waals surface area (Å²) < 4.78 is 5.72. The zero-order chi connectivity index (χ0) is 20.5. The van der Waals surface area contributed by atoms with Crippen LogP contribution in [0.25, 0.3) is 33.7 Å². The second-order valence-electron chi connectivity index (χ2n) is 6.81. The highest BCUT2D eigenvalue weighted by Gasteiger charge is 2.13. The molecule has 2 aromatic heterocycles. The first-order chi connectivity index (χ1) is 14.7. The Morgan fingerprint density at radius 2 is 1.73 bits per heavy atom. The van der Waals surface area contributed by atoms with E-state index in [1.165, 1.54) is 0 Å². The van der Waals surface area contributed by atoms with Gasteiger partial charge in [0.2, 0.25) is 0 Å². The van der Waals surface area contributed by atoms with E-state index in [0.29, 0.717) is 16.5 Å². The zero-order valence-electron chi connectivity index (χ0n) is 15.7. The summed E-state index contributed by atoms with van der Waals surface area (Å²) >= 11 is 5.92. The number of aromatic amines is 1. The minimum atomic E-state index is -0.322. The van der Waals surface area contributed by atoms with Crippen LogP contribution in [0.4, 0.5) is 5.69 Å². The van der Waals surface area contributed by atoms with Gasteiger partial charge in [0.05, 0.1) is 11.0 Å². The van der Waals surface area contributed by atoms with Crippen LogP contribution < -0.4 is 5.32 Å². The van der Waals surface area contributed by atoms with Crippen molar-refractivity contribution in [3.8, 4) is 22.7 Å². The molecule has 0 aliphatic carbocycles. The van der Waals surface area contributed by atoms with Gasteiger partial charge in [-0.2, -0.15) is 0 Å². The van der Waals surface area contributed by atoms with Gasteiger partial charge >= 0.3 is 0 Å². The van der Waals surface area contributed by atoms with Gasteiger partial charge in [-0.25, -0.2) is 4.98 Å². The van der Waals surface area contributed by atoms with Gasteiger partial charge in [-0.05, 0) is 60.7 Å². The van der Waals surface area contributed by atoms with Crippen LogP contribution in [0.5, 0.6) is 0 Å². The summed E-state index contributed by atoms with van der Waals surface area (Å²) in [6.07, 6.45) is 0. The molecule has 2 heterocycles. The van der Waals surface area contributed by atoms with E-state index in [2.05, 4.69) is 15.3 Å². The van der Waals surface area contributed by atoms with Crippen LogP contribution in [0.1, 0.15) is 10.6 Å². The number of H-pyrrole nitrogens is 1. The molecule has 0 fully saturated rings. The number of fused-ring (bicyclic) bond motifs is 1. The van der Waals surface area contributed by atoms with E-state index in [-0.39, 0.29) is 11.7 Å². The number of imidazole rings is 1. The first-order valence-electron chi connectivity index (χ1n) is 9.38. The molecule has 6 heteroatoms. The number of aromatic nitrogens is 2. The van der Waals surface area contributed by atoms with Gasteiger partial charge in [-0.3, -0.25) is 4.79 Å². The number of nitrogens with one attached hydrogen (secondary N) is 2. The van der Waals surface area contributed by atoms with Crippen molar-refractivity contribution < 1.29 is 9.21 Å². The first kappa shape index (κ1) is 18.2. The number of benzene rings is 3. The van der Waals surface area contributed by atoms with Crippen molar-refractivity contribution in [3.05, 3.63) is 95.7 Å². The maximum absolute atomic E-state index is 12.7. The lowest BCUT2D eigenvalue weighted by Crippen LogP contribution is -2.10. The second-order valence-corrected chi connectivity index (χ2v) is 7.24. The van der Waals surface area contributed by atoms with E-state index >= 15 is 0 Å². The van der Waals surface area contributed by atoms with Crippen molar-refractivity contribution in [1.29, 1.82) is 0 Å². The van der Waals surface area contributed by atoms with Gasteiger partial charge < -0.3 is 14.7 Å². The zero-order valence-corrected chi connectivity index (χ0v) is 16.5. The maximum Gasteiger partial charge on any atom is 0.291 e. The fourth-order valence-corrected chi connectivity index (χ4v) is 3.38. The first-order valence-corrected chi connectivity index (χ1v) is 9.76. The topological polar surface area (TPSA) is 70.9 Å². The Morgan fingerprint density at radius 1 is 0.900 bits per heavy atom. The number of anilines is 1. The fourth-order valence-electron chi connectivity index (χ4n) is 3.26. The molecular formula is C24H16ClN3O2. The summed E-state index contributed by atoms with van der Waals surface area (Å²) in [6, 6.07) is 26.0. The summed E-state index contributed by atoms with van der Waals surface area (Å²) in [4.78, 5) is 20.6. The second kappa shape index (κ2) is 7.54. The molecule has 0 bridgehead atoms. The number of para-hydroxylation sites is 2. The third-order valence-corrected chi connectivity index (χ3v) is 4.99. The predicted molar refractivity (Wildman–Crippen MR) is 119 cm³/mol. The average Bonchev–Trinajstić information content (AvgIpc) is 3.42. The van der Waals surface area contributed by atoms with Crippen LogP contribution in [0.15, 0.2) is 89.3 Å². The molecule has 0 unspecified atom stereocenters. The lowest BCUT2D eigenvalue weighted by atomic mass is 10.2. The molecule has 30 heavy (non-hydrogen) atoms. The highest BCUT2D eigenvalue weighted by molar-refractivity contribution is 6.30. The Hall–Kier alpha value is -3.83. The van der Waals surface area contributed by atoms with E-state index < -0.39 is 0 Å². The van der Waals surface area contributed by atoms with Gasteiger partial charge in [0.1, 0.15) is 11.6 Å². The van der Waals surface area contributed by atoms with Gasteiger partial charge in [0.25, 0.3) is 5.91 Å². The number of hydrogen-bond acceptors (Lipinski definition) is 3. The molecule has 0 saturated heterocycles. The van der Waals surface area contributed by atoms with Crippen LogP contribution in [0, 0.1) is 0 Å². The molecule has 5 aromatic rings. The minimum Gasteiger partial charge on any atom is -0.451 e. The monoisotopic (exact) mass is 413 g/mol. The molecule has 2 N–H and O–H groups in total. The van der Waals surface area contributed by atoms with Crippen molar-refractivity contribution in [2.75, 3.05) is 5.32 Å². The van der Waals surface area contributed by atoms with Crippen molar-refractivity contribution >= 4 is 34.2 Å². The van der Waals surface area contributed by atoms with Crippen LogP contribution in [-0.2, 0) is 0 Å². The average molecular weight is 414 g/mol. The van der Waals surface area contributed by atoms with Gasteiger partial charge in [0.15, 0.2) is 5.76 Å². The lowest BCUT2D eigenvalue weighted by Gasteiger charge is -2.05. The Morgan fingerprint density at radius 3 is 2.57 bits per heavy atom. The van der Waals surface area contributed by atoms with Crippen molar-refractivity contribution in [3.63, 3.8) is 0 Å². The maximum atomic E-state index is 12.7. The molecule has 5 rings (SSSR count). The number of carbonyl (C=O) groups excluding carboxylic acids is 1. The number of halogens is 1. The molecule has 0 aliphatic rings. The van der Waals surface area contributed by atoms with Crippen molar-refractivity contribution in [2.24, 2.45) is 0 Å². The summed E-state index contributed by atoms with van der Waals surface area (Å²) in [5.41, 5.74) is 4.25. The van der Waals surface area contributed by atoms with E-state index in [1.807, 2.05) is 60.7 Å². The Bertz CT molecular complexity index is 1320. The summed E-state index contributed by atoms with van der Waals surface area (Å²) in [7, 11) is 0. The summed E-state index contributed by atoms with van der Waals surface area (Å²) in [5.74, 6) is 1.26. The fraction of sp³-hybridized carbons (Fsp3) is 0. The van der Waals surface area contributed by atoms with E-state index in [9.17, 15) is 4.79 Å². The molecule has 0 atom stereocenters. The summed E-state index contributed by atoms with van der Waals surface area (Å²) in [6.45, 7) is 0. The number of hydrogen-bond donors (Lipinski definition) is 2. The van der Waals surface area contributed by atoms with Gasteiger partial charge in [-0.1, -0.05) is 35.9 Å². The van der Waals surface area contributed by atoms with Crippen molar-refractivity contribution in [1.82, 2.24) is 9.97 Å². The molecule has 0 saturated carbocycles. The standard InChI is InChI=1S/C24H16ClN3O2/c25-17-10-8-15(9-11-17)21-12-13-22(30-21)24(29)26-18-5-3-4-16(14-18)23-27-19-6-1-2-7-20(19)28-23/h1-14H,(H,26,29)(H,27,28). The highest BCUT2D eigenvalue weighted by atomic mass is 35.5. The van der Waals surface area contributed by atoms with Crippen LogP contribution >= 0.6 is 11.6 Å². The third-order valence-electron chi connectivity index (χ3n) is 4.74. The smallest absolute Gasteiger partial charge is 0.291 e. The van der Waals surface area contributed by atoms with E-state index in [1.54, 1.807) is 24.3 Å². The molecular weight excluding hydrogens is 398 g/mol. The number of nitrogens with zero attached hydrogens (tertiary/aromatic N) is 1. The third kappa shape index (κ3) is 3.58. The largest absolute Gasteiger partial charge is 0.451 e. The summed E-state index contributed by atoms with van der Waals surface area (Å²) in [5, 5.41) is 3.53. The van der Waals surface area contributed by atoms with E-state index in [0.717, 1.165) is 28.0 Å². The Labute approximate surface area is 177 Å². The van der Waals surface area contributed by atoms with E-state index in [4.69, 9.17) is 16.0 Å². The molecule has 146 valence electrons. The molecule has 3 aromatic carbocycles. The molecule has 0 radical (unpaired) electrons. The molecule has 5 nitrogen and oxygen atoms in total. The Balaban J connectivity index is 1.36. The van der Waals surface area contributed by atoms with Gasteiger partial charge in [-0.15, -0.1) is 0 Å². The van der Waals surface area contributed by atoms with Crippen LogP contribution in [0.2, 0.25) is 5.02 Å². The number of amides is 1. The van der Waals surface area contributed by atoms with Gasteiger partial charge in [0, 0.05) is 21.8 Å². The number of furan rings is 1.